The van der Waals surface area contributed by atoms with E-state index in [1.54, 1.807) is 20.8 Å². The molecule has 0 aromatic heterocycles. The first-order chi connectivity index (χ1) is 6.96. The van der Waals surface area contributed by atoms with Gasteiger partial charge in [-0.15, -0.1) is 0 Å². The molecule has 16 heavy (non-hydrogen) atoms. The maximum absolute atomic E-state index is 11.9. The van der Waals surface area contributed by atoms with Crippen LogP contribution in [0.25, 0.3) is 0 Å². The Hall–Kier alpha value is -0.820. The quantitative estimate of drug-likeness (QED) is 0.670. The third kappa shape index (κ3) is 4.80. The van der Waals surface area contributed by atoms with Crippen LogP contribution in [-0.2, 0) is 4.79 Å². The lowest BCUT2D eigenvalue weighted by molar-refractivity contribution is -0.201. The van der Waals surface area contributed by atoms with Crippen molar-refractivity contribution in [2.45, 2.75) is 39.1 Å². The second-order valence-electron chi connectivity index (χ2n) is 4.65. The number of carbonyl (C=O) groups excluding carboxylic acids is 1. The number of carbonyl (C=O) groups is 1. The van der Waals surface area contributed by atoms with Gasteiger partial charge in [-0.05, 0) is 5.41 Å². The van der Waals surface area contributed by atoms with Gasteiger partial charge in [-0.3, -0.25) is 4.79 Å². The summed E-state index contributed by atoms with van der Waals surface area (Å²) in [6.07, 6.45) is -7.30. The smallest absolute Gasteiger partial charge is 0.382 e. The van der Waals surface area contributed by atoms with Crippen molar-refractivity contribution in [2.24, 2.45) is 11.1 Å². The minimum atomic E-state index is -4.74. The van der Waals surface area contributed by atoms with Crippen LogP contribution in [0.3, 0.4) is 0 Å². The van der Waals surface area contributed by atoms with Crippen molar-refractivity contribution in [1.29, 1.82) is 0 Å². The summed E-state index contributed by atoms with van der Waals surface area (Å²) in [6.45, 7) is 4.19. The molecule has 0 spiro atoms. The summed E-state index contributed by atoms with van der Waals surface area (Å²) < 4.78 is 35.7. The zero-order valence-corrected chi connectivity index (χ0v) is 9.43. The molecule has 0 radical (unpaired) electrons. The highest BCUT2D eigenvalue weighted by Crippen LogP contribution is 2.20. The van der Waals surface area contributed by atoms with Gasteiger partial charge in [-0.2, -0.15) is 13.2 Å². The highest BCUT2D eigenvalue weighted by Gasteiger charge is 2.38. The van der Waals surface area contributed by atoms with Crippen molar-refractivity contribution in [3.05, 3.63) is 0 Å². The van der Waals surface area contributed by atoms with Gasteiger partial charge >= 0.3 is 6.18 Å². The highest BCUT2D eigenvalue weighted by atomic mass is 19.4. The largest absolute Gasteiger partial charge is 0.416 e. The van der Waals surface area contributed by atoms with Crippen LogP contribution in [0.1, 0.15) is 20.8 Å². The highest BCUT2D eigenvalue weighted by molar-refractivity contribution is 5.82. The predicted octanol–water partition coefficient (Wildman–Crippen LogP) is 0.399. The zero-order chi connectivity index (χ0) is 13.1. The average molecular weight is 242 g/mol. The van der Waals surface area contributed by atoms with Crippen LogP contribution in [0.15, 0.2) is 0 Å². The van der Waals surface area contributed by atoms with Gasteiger partial charge in [0, 0.05) is 0 Å². The molecular weight excluding hydrogens is 225 g/mol. The van der Waals surface area contributed by atoms with Crippen molar-refractivity contribution < 1.29 is 23.1 Å². The molecule has 0 aliphatic rings. The van der Waals surface area contributed by atoms with Crippen molar-refractivity contribution >= 4 is 5.91 Å². The first-order valence-corrected chi connectivity index (χ1v) is 4.74. The van der Waals surface area contributed by atoms with Crippen molar-refractivity contribution in [2.75, 3.05) is 6.54 Å². The van der Waals surface area contributed by atoms with Crippen molar-refractivity contribution in [3.63, 3.8) is 0 Å². The van der Waals surface area contributed by atoms with Gasteiger partial charge < -0.3 is 16.2 Å². The normalized spacial score (nSPS) is 16.8. The number of halogens is 3. The minimum Gasteiger partial charge on any atom is -0.382 e. The van der Waals surface area contributed by atoms with E-state index in [0.717, 1.165) is 0 Å². The molecular formula is C9H17F3N2O2. The predicted molar refractivity (Wildman–Crippen MR) is 52.5 cm³/mol. The van der Waals surface area contributed by atoms with Crippen LogP contribution in [0, 0.1) is 5.41 Å². The summed E-state index contributed by atoms with van der Waals surface area (Å²) >= 11 is 0. The second-order valence-corrected chi connectivity index (χ2v) is 4.65. The zero-order valence-electron chi connectivity index (χ0n) is 9.43. The van der Waals surface area contributed by atoms with E-state index in [0.29, 0.717) is 0 Å². The summed E-state index contributed by atoms with van der Waals surface area (Å²) in [4.78, 5) is 11.3. The van der Waals surface area contributed by atoms with Gasteiger partial charge in [0.2, 0.25) is 5.91 Å². The number of hydrogen-bond acceptors (Lipinski definition) is 3. The molecule has 0 saturated carbocycles. The van der Waals surface area contributed by atoms with Gasteiger partial charge in [0.15, 0.2) is 6.10 Å². The van der Waals surface area contributed by atoms with Crippen molar-refractivity contribution in [3.8, 4) is 0 Å². The van der Waals surface area contributed by atoms with Crippen LogP contribution >= 0.6 is 0 Å². The number of aliphatic hydroxyl groups is 1. The number of amides is 1. The molecule has 0 aliphatic heterocycles. The molecule has 0 bridgehead atoms. The Balaban J connectivity index is 4.19. The number of hydrogen-bond donors (Lipinski definition) is 3. The Morgan fingerprint density at radius 3 is 2.12 bits per heavy atom. The van der Waals surface area contributed by atoms with E-state index in [2.05, 4.69) is 0 Å². The van der Waals surface area contributed by atoms with Crippen LogP contribution in [0.5, 0.6) is 0 Å². The third-order valence-electron chi connectivity index (χ3n) is 2.06. The van der Waals surface area contributed by atoms with Gasteiger partial charge in [0.25, 0.3) is 0 Å². The molecule has 0 fully saturated rings. The Kier molecular flexibility index (Phi) is 4.75. The number of rotatable bonds is 3. The van der Waals surface area contributed by atoms with E-state index >= 15 is 0 Å². The molecule has 0 saturated heterocycles. The molecule has 1 amide bonds. The number of nitrogens with one attached hydrogen (secondary N) is 1. The fraction of sp³-hybridized carbons (Fsp3) is 0.889. The maximum Gasteiger partial charge on any atom is 0.416 e. The summed E-state index contributed by atoms with van der Waals surface area (Å²) in [5.74, 6) is -0.712. The van der Waals surface area contributed by atoms with Gasteiger partial charge in [-0.25, -0.2) is 0 Å². The molecule has 0 aromatic rings. The first-order valence-electron chi connectivity index (χ1n) is 4.74. The fourth-order valence-corrected chi connectivity index (χ4v) is 0.816. The summed E-state index contributed by atoms with van der Waals surface area (Å²) in [6, 6.07) is -0.923. The van der Waals surface area contributed by atoms with E-state index in [4.69, 9.17) is 10.8 Å². The Morgan fingerprint density at radius 1 is 1.38 bits per heavy atom. The fourth-order valence-electron chi connectivity index (χ4n) is 0.816. The molecule has 0 heterocycles. The first kappa shape index (κ1) is 15.2. The molecule has 0 rings (SSSR count). The second kappa shape index (κ2) is 5.01. The van der Waals surface area contributed by atoms with Gasteiger partial charge in [0.05, 0.1) is 12.6 Å². The third-order valence-corrected chi connectivity index (χ3v) is 2.06. The van der Waals surface area contributed by atoms with E-state index in [-0.39, 0.29) is 0 Å². The standard InChI is InChI=1S/C9H17F3N2O2/c1-8(2,3)6(13)7(16)14-4-5(15)9(10,11)12/h5-6,15H,4,13H2,1-3H3,(H,14,16). The van der Waals surface area contributed by atoms with Crippen molar-refractivity contribution in [1.82, 2.24) is 5.32 Å². The minimum absolute atomic E-state index is 0.548. The lowest BCUT2D eigenvalue weighted by Crippen LogP contribution is -2.51. The van der Waals surface area contributed by atoms with Crippen LogP contribution in [0.4, 0.5) is 13.2 Å². The molecule has 2 unspecified atom stereocenters. The van der Waals surface area contributed by atoms with Crippen LogP contribution in [0.2, 0.25) is 0 Å². The summed E-state index contributed by atoms with van der Waals surface area (Å²) in [5.41, 5.74) is 4.97. The molecule has 2 atom stereocenters. The molecule has 96 valence electrons. The molecule has 0 aliphatic carbocycles. The van der Waals surface area contributed by atoms with Crippen LogP contribution < -0.4 is 11.1 Å². The van der Waals surface area contributed by atoms with E-state index < -0.39 is 36.2 Å². The lowest BCUT2D eigenvalue weighted by Gasteiger charge is -2.26. The number of aliphatic hydroxyl groups excluding tert-OH is 1. The van der Waals surface area contributed by atoms with Gasteiger partial charge in [0.1, 0.15) is 0 Å². The summed E-state index contributed by atoms with van der Waals surface area (Å²) in [5, 5.41) is 10.6. The molecule has 7 heteroatoms. The Morgan fingerprint density at radius 2 is 1.81 bits per heavy atom. The molecule has 4 nitrogen and oxygen atoms in total. The van der Waals surface area contributed by atoms with Gasteiger partial charge in [-0.1, -0.05) is 20.8 Å². The Bertz CT molecular complexity index is 248. The monoisotopic (exact) mass is 242 g/mol. The van der Waals surface area contributed by atoms with Crippen LogP contribution in [-0.4, -0.2) is 35.9 Å². The molecule has 0 aromatic carbocycles. The summed E-state index contributed by atoms with van der Waals surface area (Å²) in [7, 11) is 0. The lowest BCUT2D eigenvalue weighted by atomic mass is 9.87. The number of nitrogens with two attached hydrogens (primary N) is 1. The number of alkyl halides is 3. The maximum atomic E-state index is 11.9. The topological polar surface area (TPSA) is 75.4 Å². The Labute approximate surface area is 92.0 Å². The molecule has 4 N–H and O–H groups in total. The van der Waals surface area contributed by atoms with E-state index in [1.165, 1.54) is 0 Å². The SMILES string of the molecule is CC(C)(C)C(N)C(=O)NCC(O)C(F)(F)F. The van der Waals surface area contributed by atoms with E-state index in [1.807, 2.05) is 5.32 Å². The van der Waals surface area contributed by atoms with E-state index in [9.17, 15) is 18.0 Å². The average Bonchev–Trinajstić information content (AvgIpc) is 2.09.